The smallest absolute Gasteiger partial charge is 0.287 e. The van der Waals surface area contributed by atoms with Gasteiger partial charge in [0.1, 0.15) is 17.4 Å². The molecule has 2 aromatic carbocycles. The van der Waals surface area contributed by atoms with Crippen LogP contribution in [-0.4, -0.2) is 32.4 Å². The largest absolute Gasteiger partial charge is 0.439 e. The van der Waals surface area contributed by atoms with Crippen LogP contribution in [0.4, 0.5) is 16.0 Å². The van der Waals surface area contributed by atoms with Gasteiger partial charge >= 0.3 is 0 Å². The Kier molecular flexibility index (Phi) is 8.75. The Labute approximate surface area is 234 Å². The fraction of sp³-hybridized carbons (Fsp3) is 0.179. The number of halogens is 2. The van der Waals surface area contributed by atoms with Crippen LogP contribution in [0.25, 0.3) is 0 Å². The Bertz CT molecular complexity index is 1580. The van der Waals surface area contributed by atoms with Crippen LogP contribution >= 0.6 is 11.6 Å². The lowest BCUT2D eigenvalue weighted by Crippen LogP contribution is -2.48. The SMILES string of the molecule is CC(C)[C@H](NC(=O)c1cn(Cc2ccc(Cl)cc2)c(Nc2ccc(Oc3cccc(F)n3)cc2)nc1=O)C(N)=O. The number of ether oxygens (including phenoxy) is 1. The van der Waals surface area contributed by atoms with Crippen LogP contribution in [0.1, 0.15) is 29.8 Å². The molecule has 1 atom stereocenters. The molecule has 0 radical (unpaired) electrons. The van der Waals surface area contributed by atoms with E-state index in [1.807, 2.05) is 0 Å². The zero-order chi connectivity index (χ0) is 28.8. The van der Waals surface area contributed by atoms with E-state index in [2.05, 4.69) is 20.6 Å². The normalized spacial score (nSPS) is 11.6. The van der Waals surface area contributed by atoms with Gasteiger partial charge in [-0.3, -0.25) is 14.4 Å². The maximum absolute atomic E-state index is 13.3. The van der Waals surface area contributed by atoms with Gasteiger partial charge in [0.2, 0.25) is 23.7 Å². The Hall–Kier alpha value is -4.77. The van der Waals surface area contributed by atoms with Crippen molar-refractivity contribution in [3.8, 4) is 11.6 Å². The highest BCUT2D eigenvalue weighted by molar-refractivity contribution is 6.30. The second-order valence-corrected chi connectivity index (χ2v) is 9.62. The van der Waals surface area contributed by atoms with E-state index in [1.165, 1.54) is 24.4 Å². The molecule has 0 aliphatic heterocycles. The van der Waals surface area contributed by atoms with Crippen molar-refractivity contribution in [1.29, 1.82) is 0 Å². The van der Waals surface area contributed by atoms with E-state index in [4.69, 9.17) is 22.1 Å². The van der Waals surface area contributed by atoms with Gasteiger partial charge < -0.3 is 25.7 Å². The summed E-state index contributed by atoms with van der Waals surface area (Å²) >= 11 is 6.02. The molecule has 206 valence electrons. The van der Waals surface area contributed by atoms with Crippen molar-refractivity contribution in [3.05, 3.63) is 105 Å². The summed E-state index contributed by atoms with van der Waals surface area (Å²) in [4.78, 5) is 45.4. The molecule has 0 bridgehead atoms. The Morgan fingerprint density at radius 3 is 2.38 bits per heavy atom. The lowest BCUT2D eigenvalue weighted by molar-refractivity contribution is -0.120. The number of carbonyl (C=O) groups is 2. The topological polar surface area (TPSA) is 141 Å². The average Bonchev–Trinajstić information content (AvgIpc) is 2.90. The van der Waals surface area contributed by atoms with Gasteiger partial charge in [-0.15, -0.1) is 0 Å². The van der Waals surface area contributed by atoms with Gasteiger partial charge in [-0.2, -0.15) is 14.4 Å². The summed E-state index contributed by atoms with van der Waals surface area (Å²) in [6.07, 6.45) is 1.37. The summed E-state index contributed by atoms with van der Waals surface area (Å²) in [7, 11) is 0. The minimum absolute atomic E-state index is 0.101. The van der Waals surface area contributed by atoms with Crippen molar-refractivity contribution in [1.82, 2.24) is 19.9 Å². The fourth-order valence-electron chi connectivity index (χ4n) is 3.74. The van der Waals surface area contributed by atoms with Crippen molar-refractivity contribution in [2.24, 2.45) is 11.7 Å². The molecule has 0 spiro atoms. The lowest BCUT2D eigenvalue weighted by atomic mass is 10.0. The Balaban J connectivity index is 1.62. The highest BCUT2D eigenvalue weighted by Crippen LogP contribution is 2.23. The number of anilines is 2. The maximum Gasteiger partial charge on any atom is 0.287 e. The van der Waals surface area contributed by atoms with E-state index in [0.29, 0.717) is 16.5 Å². The molecular weight excluding hydrogens is 539 g/mol. The third kappa shape index (κ3) is 7.20. The first kappa shape index (κ1) is 28.2. The van der Waals surface area contributed by atoms with Gasteiger partial charge in [-0.25, -0.2) is 0 Å². The molecule has 2 amide bonds. The summed E-state index contributed by atoms with van der Waals surface area (Å²) < 4.78 is 20.5. The number of benzene rings is 2. The summed E-state index contributed by atoms with van der Waals surface area (Å²) in [6, 6.07) is 16.9. The lowest BCUT2D eigenvalue weighted by Gasteiger charge is -2.20. The highest BCUT2D eigenvalue weighted by Gasteiger charge is 2.24. The highest BCUT2D eigenvalue weighted by atomic mass is 35.5. The van der Waals surface area contributed by atoms with Crippen molar-refractivity contribution in [3.63, 3.8) is 0 Å². The van der Waals surface area contributed by atoms with Crippen LogP contribution in [0.5, 0.6) is 11.6 Å². The van der Waals surface area contributed by atoms with E-state index in [9.17, 15) is 18.8 Å². The molecule has 2 heterocycles. The summed E-state index contributed by atoms with van der Waals surface area (Å²) in [5.41, 5.74) is 5.75. The number of carbonyl (C=O) groups excluding carboxylic acids is 2. The predicted octanol–water partition coefficient (Wildman–Crippen LogP) is 4.25. The molecule has 0 saturated heterocycles. The molecule has 0 aliphatic rings. The first-order valence-corrected chi connectivity index (χ1v) is 12.6. The monoisotopic (exact) mass is 564 g/mol. The number of nitrogens with two attached hydrogens (primary N) is 1. The standard InChI is InChI=1S/C28H26ClFN6O4/c1-16(2)24(25(31)37)34-26(38)21-15-36(14-17-6-8-18(29)9-7-17)28(35-27(21)39)32-19-10-12-20(13-11-19)40-23-5-3-4-22(30)33-23/h3-13,15-16,24H,14H2,1-2H3,(H2,31,37)(H,34,38)(H,32,35,39)/t24-/m0/s1. The van der Waals surface area contributed by atoms with Crippen LogP contribution < -0.4 is 26.7 Å². The van der Waals surface area contributed by atoms with E-state index in [1.54, 1.807) is 66.9 Å². The second kappa shape index (κ2) is 12.4. The fourth-order valence-corrected chi connectivity index (χ4v) is 3.87. The minimum Gasteiger partial charge on any atom is -0.439 e. The van der Waals surface area contributed by atoms with E-state index >= 15 is 0 Å². The third-order valence-electron chi connectivity index (χ3n) is 5.79. The minimum atomic E-state index is -0.960. The number of nitrogens with zero attached hydrogens (tertiary/aromatic N) is 3. The van der Waals surface area contributed by atoms with Crippen molar-refractivity contribution < 1.29 is 18.7 Å². The average molecular weight is 565 g/mol. The Morgan fingerprint density at radius 1 is 1.05 bits per heavy atom. The number of hydrogen-bond donors (Lipinski definition) is 3. The molecule has 4 rings (SSSR count). The molecule has 0 unspecified atom stereocenters. The van der Waals surface area contributed by atoms with Gasteiger partial charge in [0, 0.05) is 23.0 Å². The molecule has 0 fully saturated rings. The van der Waals surface area contributed by atoms with Crippen LogP contribution in [0.2, 0.25) is 5.02 Å². The van der Waals surface area contributed by atoms with Gasteiger partial charge in [0.15, 0.2) is 0 Å². The molecule has 0 aliphatic carbocycles. The number of aromatic nitrogens is 3. The zero-order valence-electron chi connectivity index (χ0n) is 21.6. The quantitative estimate of drug-likeness (QED) is 0.244. The third-order valence-corrected chi connectivity index (χ3v) is 6.04. The first-order chi connectivity index (χ1) is 19.1. The first-order valence-electron chi connectivity index (χ1n) is 12.2. The molecule has 2 aromatic heterocycles. The van der Waals surface area contributed by atoms with E-state index < -0.39 is 29.4 Å². The van der Waals surface area contributed by atoms with Gasteiger partial charge in [0.25, 0.3) is 11.5 Å². The summed E-state index contributed by atoms with van der Waals surface area (Å²) in [5, 5.41) is 6.16. The number of amides is 2. The second-order valence-electron chi connectivity index (χ2n) is 9.19. The Morgan fingerprint density at radius 2 is 1.75 bits per heavy atom. The molecule has 4 N–H and O–H groups in total. The van der Waals surface area contributed by atoms with Gasteiger partial charge in [0.05, 0.1) is 6.54 Å². The van der Waals surface area contributed by atoms with Gasteiger partial charge in [-0.05, 0) is 53.9 Å². The summed E-state index contributed by atoms with van der Waals surface area (Å²) in [6.45, 7) is 3.69. The zero-order valence-corrected chi connectivity index (χ0v) is 22.4. The van der Waals surface area contributed by atoms with Crippen molar-refractivity contribution >= 4 is 35.1 Å². The molecule has 10 nitrogen and oxygen atoms in total. The van der Waals surface area contributed by atoms with E-state index in [0.717, 1.165) is 5.56 Å². The van der Waals surface area contributed by atoms with Crippen LogP contribution in [0.3, 0.4) is 0 Å². The van der Waals surface area contributed by atoms with Crippen molar-refractivity contribution in [2.75, 3.05) is 5.32 Å². The summed E-state index contributed by atoms with van der Waals surface area (Å²) in [5.74, 6) is -1.74. The van der Waals surface area contributed by atoms with E-state index in [-0.39, 0.29) is 29.9 Å². The molecule has 40 heavy (non-hydrogen) atoms. The molecule has 0 saturated carbocycles. The van der Waals surface area contributed by atoms with Gasteiger partial charge in [-0.1, -0.05) is 43.6 Å². The van der Waals surface area contributed by atoms with Crippen LogP contribution in [-0.2, 0) is 11.3 Å². The van der Waals surface area contributed by atoms with Crippen molar-refractivity contribution in [2.45, 2.75) is 26.4 Å². The number of nitrogens with one attached hydrogen (secondary N) is 2. The van der Waals surface area contributed by atoms with Crippen LogP contribution in [0.15, 0.2) is 77.7 Å². The number of rotatable bonds is 10. The molecule has 4 aromatic rings. The predicted molar refractivity (Wildman–Crippen MR) is 148 cm³/mol. The molecular formula is C28H26ClFN6O4. The number of pyridine rings is 1. The maximum atomic E-state index is 13.3. The van der Waals surface area contributed by atoms with Crippen LogP contribution in [0, 0.1) is 11.9 Å². The molecule has 12 heteroatoms. The number of hydrogen-bond acceptors (Lipinski definition) is 7. The number of primary amides is 1.